The van der Waals surface area contributed by atoms with Crippen molar-refractivity contribution in [1.29, 1.82) is 0 Å². The summed E-state index contributed by atoms with van der Waals surface area (Å²) in [5.74, 6) is 0.369. The van der Waals surface area contributed by atoms with Crippen LogP contribution >= 0.6 is 0 Å². The Labute approximate surface area is 184 Å². The lowest BCUT2D eigenvalue weighted by molar-refractivity contribution is -0.140. The molecule has 1 heterocycles. The molecular formula is C27H31NO3. The van der Waals surface area contributed by atoms with Gasteiger partial charge in [-0.25, -0.2) is 4.98 Å². The summed E-state index contributed by atoms with van der Waals surface area (Å²) in [5, 5.41) is 11.0. The summed E-state index contributed by atoms with van der Waals surface area (Å²) >= 11 is 0. The summed E-state index contributed by atoms with van der Waals surface area (Å²) < 4.78 is 6.18. The van der Waals surface area contributed by atoms with Gasteiger partial charge in [-0.2, -0.15) is 0 Å². The maximum atomic E-state index is 12.1. The monoisotopic (exact) mass is 417 g/mol. The van der Waals surface area contributed by atoms with Gasteiger partial charge >= 0.3 is 5.97 Å². The first-order valence-electron chi connectivity index (χ1n) is 11.3. The van der Waals surface area contributed by atoms with Crippen LogP contribution in [0.2, 0.25) is 0 Å². The number of ether oxygens (including phenoxy) is 1. The molecule has 1 N–H and O–H groups in total. The van der Waals surface area contributed by atoms with Gasteiger partial charge in [-0.15, -0.1) is 0 Å². The Hall–Kier alpha value is -2.88. The molecule has 1 saturated carbocycles. The summed E-state index contributed by atoms with van der Waals surface area (Å²) in [6.07, 6.45) is 5.12. The SMILES string of the molecule is CC(C)Cc1cc([C@H](C(=O)O)C2CCCC2)ccc1OCc1ccc2ccccc2n1. The van der Waals surface area contributed by atoms with Gasteiger partial charge in [-0.1, -0.05) is 63.1 Å². The highest BCUT2D eigenvalue weighted by atomic mass is 16.5. The van der Waals surface area contributed by atoms with Crippen LogP contribution in [0, 0.1) is 11.8 Å². The van der Waals surface area contributed by atoms with Crippen molar-refractivity contribution in [3.8, 4) is 5.75 Å². The van der Waals surface area contributed by atoms with E-state index in [1.165, 1.54) is 0 Å². The maximum Gasteiger partial charge on any atom is 0.311 e. The second kappa shape index (κ2) is 9.51. The molecule has 0 spiro atoms. The summed E-state index contributed by atoms with van der Waals surface area (Å²) in [6, 6.07) is 18.1. The van der Waals surface area contributed by atoms with E-state index in [0.29, 0.717) is 12.5 Å². The average molecular weight is 418 g/mol. The van der Waals surface area contributed by atoms with E-state index >= 15 is 0 Å². The maximum absolute atomic E-state index is 12.1. The molecular weight excluding hydrogens is 386 g/mol. The number of para-hydroxylation sites is 1. The average Bonchev–Trinajstić information content (AvgIpc) is 3.26. The zero-order valence-electron chi connectivity index (χ0n) is 18.4. The summed E-state index contributed by atoms with van der Waals surface area (Å²) in [4.78, 5) is 16.8. The molecule has 1 aliphatic rings. The number of rotatable bonds is 8. The first kappa shape index (κ1) is 21.4. The molecule has 2 aromatic carbocycles. The minimum absolute atomic E-state index is 0.234. The lowest BCUT2D eigenvalue weighted by Crippen LogP contribution is -2.20. The van der Waals surface area contributed by atoms with Crippen molar-refractivity contribution in [2.45, 2.75) is 58.5 Å². The fourth-order valence-corrected chi connectivity index (χ4v) is 4.78. The minimum atomic E-state index is -0.712. The molecule has 0 aliphatic heterocycles. The second-order valence-corrected chi connectivity index (χ2v) is 9.11. The number of aromatic nitrogens is 1. The number of hydrogen-bond donors (Lipinski definition) is 1. The fourth-order valence-electron chi connectivity index (χ4n) is 4.78. The molecule has 1 fully saturated rings. The van der Waals surface area contributed by atoms with E-state index in [1.54, 1.807) is 0 Å². The molecule has 4 rings (SSSR count). The summed E-state index contributed by atoms with van der Waals surface area (Å²) in [5.41, 5.74) is 3.83. The van der Waals surface area contributed by atoms with E-state index in [4.69, 9.17) is 9.72 Å². The fraction of sp³-hybridized carbons (Fsp3) is 0.407. The molecule has 1 aromatic heterocycles. The van der Waals surface area contributed by atoms with Crippen molar-refractivity contribution in [1.82, 2.24) is 4.98 Å². The number of aliphatic carboxylic acids is 1. The van der Waals surface area contributed by atoms with Gasteiger partial charge in [0.25, 0.3) is 0 Å². The van der Waals surface area contributed by atoms with Gasteiger partial charge < -0.3 is 9.84 Å². The zero-order chi connectivity index (χ0) is 21.8. The van der Waals surface area contributed by atoms with Crippen molar-refractivity contribution >= 4 is 16.9 Å². The Morgan fingerprint density at radius 3 is 2.61 bits per heavy atom. The predicted molar refractivity (Wildman–Crippen MR) is 123 cm³/mol. The Morgan fingerprint density at radius 2 is 1.87 bits per heavy atom. The molecule has 162 valence electrons. The molecule has 1 atom stereocenters. The quantitative estimate of drug-likeness (QED) is 0.462. The van der Waals surface area contributed by atoms with Crippen LogP contribution < -0.4 is 4.74 Å². The smallest absolute Gasteiger partial charge is 0.311 e. The van der Waals surface area contributed by atoms with Crippen molar-refractivity contribution in [2.24, 2.45) is 11.8 Å². The van der Waals surface area contributed by atoms with Crippen LogP contribution in [0.4, 0.5) is 0 Å². The Balaban J connectivity index is 1.57. The number of benzene rings is 2. The van der Waals surface area contributed by atoms with E-state index in [9.17, 15) is 9.90 Å². The van der Waals surface area contributed by atoms with Crippen molar-refractivity contribution < 1.29 is 14.6 Å². The highest BCUT2D eigenvalue weighted by molar-refractivity contribution is 5.78. The predicted octanol–water partition coefficient (Wildman–Crippen LogP) is 6.37. The third-order valence-corrected chi connectivity index (χ3v) is 6.24. The lowest BCUT2D eigenvalue weighted by atomic mass is 9.83. The lowest BCUT2D eigenvalue weighted by Gasteiger charge is -2.22. The van der Waals surface area contributed by atoms with Crippen LogP contribution in [-0.2, 0) is 17.8 Å². The molecule has 0 radical (unpaired) electrons. The van der Waals surface area contributed by atoms with Crippen molar-refractivity contribution in [2.75, 3.05) is 0 Å². The number of nitrogens with zero attached hydrogens (tertiary/aromatic N) is 1. The molecule has 0 saturated heterocycles. The molecule has 0 bridgehead atoms. The number of pyridine rings is 1. The molecule has 4 heteroatoms. The van der Waals surface area contributed by atoms with E-state index in [2.05, 4.69) is 32.0 Å². The Bertz CT molecular complexity index is 1050. The van der Waals surface area contributed by atoms with Crippen LogP contribution in [0.3, 0.4) is 0 Å². The van der Waals surface area contributed by atoms with E-state index < -0.39 is 11.9 Å². The van der Waals surface area contributed by atoms with Crippen LogP contribution in [0.1, 0.15) is 62.3 Å². The van der Waals surface area contributed by atoms with Crippen LogP contribution in [0.5, 0.6) is 5.75 Å². The third-order valence-electron chi connectivity index (χ3n) is 6.24. The largest absolute Gasteiger partial charge is 0.487 e. The Morgan fingerprint density at radius 1 is 1.10 bits per heavy atom. The standard InChI is InChI=1S/C27H31NO3/c1-18(2)15-22-16-21(26(27(29)30)20-8-3-4-9-20)12-14-25(22)31-17-23-13-11-19-7-5-6-10-24(19)28-23/h5-7,10-14,16,18,20,26H,3-4,8-9,15,17H2,1-2H3,(H,29,30)/t26-/m1/s1. The molecule has 3 aromatic rings. The van der Waals surface area contributed by atoms with Gasteiger partial charge in [0.05, 0.1) is 17.1 Å². The summed E-state index contributed by atoms with van der Waals surface area (Å²) in [7, 11) is 0. The first-order valence-corrected chi connectivity index (χ1v) is 11.3. The van der Waals surface area contributed by atoms with Crippen LogP contribution in [0.25, 0.3) is 10.9 Å². The van der Waals surface area contributed by atoms with E-state index in [-0.39, 0.29) is 5.92 Å². The van der Waals surface area contributed by atoms with Crippen molar-refractivity contribution in [3.63, 3.8) is 0 Å². The highest BCUT2D eigenvalue weighted by Crippen LogP contribution is 2.39. The van der Waals surface area contributed by atoms with Gasteiger partial charge in [-0.3, -0.25) is 4.79 Å². The number of carbonyl (C=O) groups is 1. The molecule has 0 amide bonds. The van der Waals surface area contributed by atoms with Gasteiger partial charge in [0.2, 0.25) is 0 Å². The number of carboxylic acids is 1. The summed E-state index contributed by atoms with van der Waals surface area (Å²) in [6.45, 7) is 4.74. The first-order chi connectivity index (χ1) is 15.0. The van der Waals surface area contributed by atoms with Gasteiger partial charge in [0.15, 0.2) is 0 Å². The number of carboxylic acid groups (broad SMARTS) is 1. The normalized spacial score (nSPS) is 15.5. The second-order valence-electron chi connectivity index (χ2n) is 9.11. The number of hydrogen-bond acceptors (Lipinski definition) is 3. The zero-order valence-corrected chi connectivity index (χ0v) is 18.4. The topological polar surface area (TPSA) is 59.4 Å². The molecule has 1 aliphatic carbocycles. The van der Waals surface area contributed by atoms with Crippen LogP contribution in [-0.4, -0.2) is 16.1 Å². The van der Waals surface area contributed by atoms with E-state index in [1.807, 2.05) is 36.4 Å². The molecule has 31 heavy (non-hydrogen) atoms. The Kier molecular flexibility index (Phi) is 6.55. The van der Waals surface area contributed by atoms with E-state index in [0.717, 1.165) is 65.6 Å². The van der Waals surface area contributed by atoms with Gasteiger partial charge in [-0.05, 0) is 60.4 Å². The minimum Gasteiger partial charge on any atom is -0.487 e. The third kappa shape index (κ3) is 5.07. The van der Waals surface area contributed by atoms with Crippen LogP contribution in [0.15, 0.2) is 54.6 Å². The molecule has 4 nitrogen and oxygen atoms in total. The van der Waals surface area contributed by atoms with Crippen molar-refractivity contribution in [3.05, 3.63) is 71.4 Å². The number of fused-ring (bicyclic) bond motifs is 1. The molecule has 0 unspecified atom stereocenters. The van der Waals surface area contributed by atoms with Gasteiger partial charge in [0, 0.05) is 5.39 Å². The van der Waals surface area contributed by atoms with Gasteiger partial charge in [0.1, 0.15) is 12.4 Å². The highest BCUT2D eigenvalue weighted by Gasteiger charge is 2.32.